The zero-order valence-corrected chi connectivity index (χ0v) is 12.3. The van der Waals surface area contributed by atoms with Crippen molar-refractivity contribution in [1.82, 2.24) is 10.6 Å². The van der Waals surface area contributed by atoms with Gasteiger partial charge in [0.25, 0.3) is 11.8 Å². The fourth-order valence-electron chi connectivity index (χ4n) is 1.45. The molecule has 2 rings (SSSR count). The molecule has 0 bridgehead atoms. The summed E-state index contributed by atoms with van der Waals surface area (Å²) in [5, 5.41) is 5.03. The van der Waals surface area contributed by atoms with E-state index in [0.717, 1.165) is 5.56 Å². The van der Waals surface area contributed by atoms with Gasteiger partial charge in [0.05, 0.1) is 4.91 Å². The molecular formula is C13H12N2O3S2. The Labute approximate surface area is 125 Å². The van der Waals surface area contributed by atoms with Gasteiger partial charge in [0.2, 0.25) is 0 Å². The number of hydrogen-bond acceptors (Lipinski definition) is 5. The van der Waals surface area contributed by atoms with E-state index in [0.29, 0.717) is 15.0 Å². The minimum absolute atomic E-state index is 0.0243. The molecule has 0 spiro atoms. The van der Waals surface area contributed by atoms with Crippen LogP contribution in [0.4, 0.5) is 0 Å². The summed E-state index contributed by atoms with van der Waals surface area (Å²) in [6.07, 6.45) is 1.75. The SMILES string of the molecule is CNC(=O)COc1ccc(C=C2SC(=S)NC2=O)cc1. The molecule has 1 aromatic carbocycles. The first-order chi connectivity index (χ1) is 9.58. The van der Waals surface area contributed by atoms with Gasteiger partial charge in [-0.3, -0.25) is 9.59 Å². The van der Waals surface area contributed by atoms with Crippen LogP contribution in [0.5, 0.6) is 5.75 Å². The molecule has 104 valence electrons. The van der Waals surface area contributed by atoms with Gasteiger partial charge in [-0.05, 0) is 23.8 Å². The summed E-state index contributed by atoms with van der Waals surface area (Å²) in [7, 11) is 1.55. The Balaban J connectivity index is 2.01. The fraction of sp³-hybridized carbons (Fsp3) is 0.154. The average molecular weight is 308 g/mol. The average Bonchev–Trinajstić information content (AvgIpc) is 2.75. The molecule has 2 amide bonds. The van der Waals surface area contributed by atoms with E-state index in [1.165, 1.54) is 11.8 Å². The Bertz CT molecular complexity index is 582. The zero-order valence-electron chi connectivity index (χ0n) is 10.6. The molecule has 0 saturated carbocycles. The van der Waals surface area contributed by atoms with E-state index in [1.54, 1.807) is 37.4 Å². The predicted molar refractivity (Wildman–Crippen MR) is 82.3 cm³/mol. The Kier molecular flexibility index (Phi) is 4.75. The fourth-order valence-corrected chi connectivity index (χ4v) is 2.50. The Morgan fingerprint density at radius 1 is 1.45 bits per heavy atom. The number of benzene rings is 1. The Morgan fingerprint density at radius 3 is 2.70 bits per heavy atom. The topological polar surface area (TPSA) is 67.4 Å². The summed E-state index contributed by atoms with van der Waals surface area (Å²) < 4.78 is 5.75. The maximum atomic E-state index is 11.5. The van der Waals surface area contributed by atoms with E-state index in [2.05, 4.69) is 10.6 Å². The molecule has 1 heterocycles. The quantitative estimate of drug-likeness (QED) is 0.648. The van der Waals surface area contributed by atoms with Crippen molar-refractivity contribution < 1.29 is 14.3 Å². The van der Waals surface area contributed by atoms with Crippen LogP contribution >= 0.6 is 24.0 Å². The number of likely N-dealkylation sites (N-methyl/N-ethyl adjacent to an activating group) is 1. The van der Waals surface area contributed by atoms with Crippen molar-refractivity contribution in [3.63, 3.8) is 0 Å². The van der Waals surface area contributed by atoms with Crippen molar-refractivity contribution >= 4 is 46.2 Å². The minimum atomic E-state index is -0.191. The second-order valence-corrected chi connectivity index (χ2v) is 5.60. The number of thiocarbonyl (C=S) groups is 1. The lowest BCUT2D eigenvalue weighted by Gasteiger charge is -2.05. The first kappa shape index (κ1) is 14.5. The highest BCUT2D eigenvalue weighted by molar-refractivity contribution is 8.26. The van der Waals surface area contributed by atoms with Gasteiger partial charge in [-0.25, -0.2) is 0 Å². The number of ether oxygens (including phenoxy) is 1. The third-order valence-corrected chi connectivity index (χ3v) is 3.63. The number of rotatable bonds is 4. The first-order valence-corrected chi connectivity index (χ1v) is 6.99. The van der Waals surface area contributed by atoms with Crippen LogP contribution in [0.25, 0.3) is 6.08 Å². The van der Waals surface area contributed by atoms with Gasteiger partial charge in [0.1, 0.15) is 10.1 Å². The molecule has 5 nitrogen and oxygen atoms in total. The Morgan fingerprint density at radius 2 is 2.15 bits per heavy atom. The van der Waals surface area contributed by atoms with Gasteiger partial charge in [-0.15, -0.1) is 0 Å². The van der Waals surface area contributed by atoms with Crippen LogP contribution in [-0.4, -0.2) is 29.8 Å². The van der Waals surface area contributed by atoms with Crippen LogP contribution in [0.15, 0.2) is 29.2 Å². The van der Waals surface area contributed by atoms with Gasteiger partial charge >= 0.3 is 0 Å². The van der Waals surface area contributed by atoms with E-state index >= 15 is 0 Å². The van der Waals surface area contributed by atoms with Crippen LogP contribution in [0.3, 0.4) is 0 Å². The van der Waals surface area contributed by atoms with Crippen LogP contribution in [-0.2, 0) is 9.59 Å². The van der Waals surface area contributed by atoms with Gasteiger partial charge in [0.15, 0.2) is 6.61 Å². The van der Waals surface area contributed by atoms with Crippen molar-refractivity contribution in [1.29, 1.82) is 0 Å². The van der Waals surface area contributed by atoms with Crippen molar-refractivity contribution in [2.75, 3.05) is 13.7 Å². The highest BCUT2D eigenvalue weighted by Gasteiger charge is 2.21. The monoisotopic (exact) mass is 308 g/mol. The van der Waals surface area contributed by atoms with Crippen LogP contribution < -0.4 is 15.4 Å². The van der Waals surface area contributed by atoms with Crippen molar-refractivity contribution in [3.8, 4) is 5.75 Å². The molecule has 1 aliphatic rings. The van der Waals surface area contributed by atoms with E-state index in [9.17, 15) is 9.59 Å². The highest BCUT2D eigenvalue weighted by Crippen LogP contribution is 2.26. The second-order valence-electron chi connectivity index (χ2n) is 3.88. The van der Waals surface area contributed by atoms with Crippen molar-refractivity contribution in [2.45, 2.75) is 0 Å². The summed E-state index contributed by atoms with van der Waals surface area (Å²) in [5.74, 6) is 0.221. The molecule has 1 saturated heterocycles. The lowest BCUT2D eigenvalue weighted by Crippen LogP contribution is -2.24. The summed E-state index contributed by atoms with van der Waals surface area (Å²) >= 11 is 6.15. The first-order valence-electron chi connectivity index (χ1n) is 5.77. The second kappa shape index (κ2) is 6.53. The van der Waals surface area contributed by atoms with Gasteiger partial charge in [0, 0.05) is 7.05 Å². The summed E-state index contributed by atoms with van der Waals surface area (Å²) in [4.78, 5) is 23.1. The summed E-state index contributed by atoms with van der Waals surface area (Å²) in [6.45, 7) is -0.0243. The molecule has 2 N–H and O–H groups in total. The number of carbonyl (C=O) groups is 2. The number of nitrogens with one attached hydrogen (secondary N) is 2. The van der Waals surface area contributed by atoms with Crippen molar-refractivity contribution in [2.24, 2.45) is 0 Å². The molecular weight excluding hydrogens is 296 g/mol. The molecule has 0 unspecified atom stereocenters. The van der Waals surface area contributed by atoms with E-state index in [4.69, 9.17) is 17.0 Å². The Hall–Kier alpha value is -1.86. The lowest BCUT2D eigenvalue weighted by molar-refractivity contribution is -0.122. The van der Waals surface area contributed by atoms with Gasteiger partial charge in [-0.1, -0.05) is 36.1 Å². The third-order valence-electron chi connectivity index (χ3n) is 2.47. The predicted octanol–water partition coefficient (Wildman–Crippen LogP) is 1.30. The molecule has 7 heteroatoms. The van der Waals surface area contributed by atoms with Crippen LogP contribution in [0, 0.1) is 0 Å². The maximum absolute atomic E-state index is 11.5. The van der Waals surface area contributed by atoms with E-state index in [-0.39, 0.29) is 18.4 Å². The third kappa shape index (κ3) is 3.82. The smallest absolute Gasteiger partial charge is 0.263 e. The van der Waals surface area contributed by atoms with E-state index < -0.39 is 0 Å². The molecule has 1 fully saturated rings. The zero-order chi connectivity index (χ0) is 14.5. The number of thioether (sulfide) groups is 1. The molecule has 0 atom stereocenters. The molecule has 0 aromatic heterocycles. The van der Waals surface area contributed by atoms with Gasteiger partial charge < -0.3 is 15.4 Å². The number of amides is 2. The van der Waals surface area contributed by atoms with Crippen LogP contribution in [0.2, 0.25) is 0 Å². The summed E-state index contributed by atoms with van der Waals surface area (Å²) in [6, 6.07) is 7.10. The summed E-state index contributed by atoms with van der Waals surface area (Å²) in [5.41, 5.74) is 0.861. The van der Waals surface area contributed by atoms with E-state index in [1.807, 2.05) is 0 Å². The van der Waals surface area contributed by atoms with Crippen LogP contribution in [0.1, 0.15) is 5.56 Å². The highest BCUT2D eigenvalue weighted by atomic mass is 32.2. The standard InChI is InChI=1S/C13H12N2O3S2/c1-14-11(16)7-18-9-4-2-8(3-5-9)6-10-12(17)15-13(19)20-10/h2-6H,7H2,1H3,(H,14,16)(H,15,17,19). The molecule has 20 heavy (non-hydrogen) atoms. The largest absolute Gasteiger partial charge is 0.484 e. The normalized spacial score (nSPS) is 16.1. The van der Waals surface area contributed by atoms with Crippen molar-refractivity contribution in [3.05, 3.63) is 34.7 Å². The molecule has 1 aliphatic heterocycles. The lowest BCUT2D eigenvalue weighted by atomic mass is 10.2. The van der Waals surface area contributed by atoms with Gasteiger partial charge in [-0.2, -0.15) is 0 Å². The molecule has 1 aromatic rings. The minimum Gasteiger partial charge on any atom is -0.484 e. The maximum Gasteiger partial charge on any atom is 0.263 e. The number of hydrogen-bond donors (Lipinski definition) is 2. The molecule has 0 radical (unpaired) electrons. The number of carbonyl (C=O) groups excluding carboxylic acids is 2. The molecule has 0 aliphatic carbocycles.